The molecule has 158 valence electrons. The second-order valence-electron chi connectivity index (χ2n) is 6.32. The van der Waals surface area contributed by atoms with Gasteiger partial charge in [-0.2, -0.15) is 18.3 Å². The molecule has 0 unspecified atom stereocenters. The number of benzene rings is 2. The Morgan fingerprint density at radius 2 is 1.84 bits per heavy atom. The first-order valence-corrected chi connectivity index (χ1v) is 8.95. The van der Waals surface area contributed by atoms with Gasteiger partial charge >= 0.3 is 12.1 Å². The minimum Gasteiger partial charge on any atom is -0.477 e. The molecule has 0 saturated carbocycles. The Morgan fingerprint density at radius 1 is 1.10 bits per heavy atom. The van der Waals surface area contributed by atoms with Gasteiger partial charge in [-0.15, -0.1) is 0 Å². The number of halogens is 5. The molecule has 0 aliphatic rings. The van der Waals surface area contributed by atoms with Gasteiger partial charge in [0.1, 0.15) is 17.1 Å². The number of alkyl halides is 3. The fraction of sp³-hybridized carbons (Fsp3) is 0.0500. The van der Waals surface area contributed by atoms with Crippen LogP contribution in [0.5, 0.6) is 0 Å². The van der Waals surface area contributed by atoms with Crippen LogP contribution in [0.1, 0.15) is 16.1 Å². The van der Waals surface area contributed by atoms with Crippen molar-refractivity contribution in [2.45, 2.75) is 6.18 Å². The maximum atomic E-state index is 14.0. The molecule has 6 nitrogen and oxygen atoms in total. The van der Waals surface area contributed by atoms with E-state index >= 15 is 0 Å². The Morgan fingerprint density at radius 3 is 2.48 bits per heavy atom. The second kappa shape index (κ2) is 7.55. The lowest BCUT2D eigenvalue weighted by molar-refractivity contribution is -0.142. The van der Waals surface area contributed by atoms with Crippen molar-refractivity contribution in [1.29, 1.82) is 0 Å². The maximum absolute atomic E-state index is 14.0. The van der Waals surface area contributed by atoms with Gasteiger partial charge in [0.2, 0.25) is 0 Å². The van der Waals surface area contributed by atoms with Crippen molar-refractivity contribution < 1.29 is 32.0 Å². The normalized spacial score (nSPS) is 11.6. The van der Waals surface area contributed by atoms with Crippen molar-refractivity contribution in [2.24, 2.45) is 0 Å². The number of carboxylic acids is 1. The van der Waals surface area contributed by atoms with Crippen molar-refractivity contribution in [3.8, 4) is 28.3 Å². The van der Waals surface area contributed by atoms with Gasteiger partial charge in [-0.25, -0.2) is 13.9 Å². The summed E-state index contributed by atoms with van der Waals surface area (Å²) in [7, 11) is 0. The summed E-state index contributed by atoms with van der Waals surface area (Å²) >= 11 is 6.09. The molecule has 0 saturated heterocycles. The SMILES string of the molecule is O=C(O)c1c(-c2ccccc2Cl)noc1-c1cnn(-c2cccc(F)c2)c1C(F)(F)F. The van der Waals surface area contributed by atoms with Crippen molar-refractivity contribution in [3.63, 3.8) is 0 Å². The molecule has 2 heterocycles. The number of rotatable bonds is 4. The summed E-state index contributed by atoms with van der Waals surface area (Å²) in [5.41, 5.74) is -2.90. The zero-order valence-electron chi connectivity index (χ0n) is 15.2. The quantitative estimate of drug-likeness (QED) is 0.402. The fourth-order valence-corrected chi connectivity index (χ4v) is 3.33. The van der Waals surface area contributed by atoms with Gasteiger partial charge < -0.3 is 9.63 Å². The van der Waals surface area contributed by atoms with Crippen LogP contribution in [0.2, 0.25) is 5.02 Å². The molecule has 0 spiro atoms. The van der Waals surface area contributed by atoms with Crippen LogP contribution >= 0.6 is 11.6 Å². The molecule has 11 heteroatoms. The Hall–Kier alpha value is -3.66. The standard InChI is InChI=1S/C20H10ClF4N3O3/c21-14-7-2-1-6-12(14)16-15(19(29)30)17(31-27-16)13-9-26-28(18(13)20(23,24)25)11-5-3-4-10(22)8-11/h1-9H,(H,29,30). The molecule has 0 atom stereocenters. The predicted molar refractivity (Wildman–Crippen MR) is 101 cm³/mol. The lowest BCUT2D eigenvalue weighted by Gasteiger charge is -2.12. The molecule has 0 bridgehead atoms. The van der Waals surface area contributed by atoms with Crippen molar-refractivity contribution in [3.05, 3.63) is 76.8 Å². The van der Waals surface area contributed by atoms with E-state index in [4.69, 9.17) is 16.1 Å². The third-order valence-corrected chi connectivity index (χ3v) is 4.70. The average molecular weight is 452 g/mol. The van der Waals surface area contributed by atoms with E-state index < -0.39 is 40.5 Å². The van der Waals surface area contributed by atoms with Crippen molar-refractivity contribution in [2.75, 3.05) is 0 Å². The van der Waals surface area contributed by atoms with Gasteiger partial charge in [0.15, 0.2) is 11.5 Å². The maximum Gasteiger partial charge on any atom is 0.434 e. The van der Waals surface area contributed by atoms with Gasteiger partial charge in [-0.1, -0.05) is 41.0 Å². The number of hydrogen-bond donors (Lipinski definition) is 1. The van der Waals surface area contributed by atoms with E-state index in [-0.39, 0.29) is 22.0 Å². The van der Waals surface area contributed by atoms with E-state index in [1.807, 2.05) is 0 Å². The molecule has 4 rings (SSSR count). The monoisotopic (exact) mass is 451 g/mol. The first kappa shape index (κ1) is 20.6. The van der Waals surface area contributed by atoms with E-state index in [0.717, 1.165) is 18.3 Å². The molecule has 0 aliphatic carbocycles. The molecule has 0 fully saturated rings. The van der Waals surface area contributed by atoms with Crippen molar-refractivity contribution >= 4 is 17.6 Å². The first-order valence-electron chi connectivity index (χ1n) is 8.58. The summed E-state index contributed by atoms with van der Waals surface area (Å²) in [6, 6.07) is 10.5. The first-order chi connectivity index (χ1) is 14.7. The Balaban J connectivity index is 1.98. The van der Waals surface area contributed by atoms with Crippen LogP contribution in [0.3, 0.4) is 0 Å². The average Bonchev–Trinajstić information content (AvgIpc) is 3.32. The molecule has 0 amide bonds. The largest absolute Gasteiger partial charge is 0.477 e. The van der Waals surface area contributed by atoms with Crippen LogP contribution in [0.25, 0.3) is 28.3 Å². The molecule has 0 aliphatic heterocycles. The van der Waals surface area contributed by atoms with Crippen LogP contribution in [0, 0.1) is 5.82 Å². The van der Waals surface area contributed by atoms with Crippen LogP contribution in [-0.2, 0) is 6.18 Å². The minimum absolute atomic E-state index is 0.136. The van der Waals surface area contributed by atoms with E-state index in [9.17, 15) is 27.5 Å². The lowest BCUT2D eigenvalue weighted by Crippen LogP contribution is -2.15. The van der Waals surface area contributed by atoms with Gasteiger partial charge in [0, 0.05) is 5.56 Å². The third kappa shape index (κ3) is 3.66. The molecular formula is C20H10ClF4N3O3. The van der Waals surface area contributed by atoms with Gasteiger partial charge in [-0.3, -0.25) is 0 Å². The highest BCUT2D eigenvalue weighted by Gasteiger charge is 2.42. The molecule has 0 radical (unpaired) electrons. The summed E-state index contributed by atoms with van der Waals surface area (Å²) in [5, 5.41) is 17.2. The molecule has 2 aromatic heterocycles. The highest BCUT2D eigenvalue weighted by atomic mass is 35.5. The topological polar surface area (TPSA) is 81.2 Å². The summed E-state index contributed by atoms with van der Waals surface area (Å²) in [5.74, 6) is -3.00. The summed E-state index contributed by atoms with van der Waals surface area (Å²) in [6.45, 7) is 0. The minimum atomic E-state index is -4.98. The number of carboxylic acid groups (broad SMARTS) is 1. The number of aromatic carboxylic acids is 1. The number of aromatic nitrogens is 3. The Kier molecular flexibility index (Phi) is 5.02. The summed E-state index contributed by atoms with van der Waals surface area (Å²) in [6.07, 6.45) is -4.19. The Bertz CT molecular complexity index is 1300. The van der Waals surface area contributed by atoms with E-state index in [0.29, 0.717) is 4.68 Å². The van der Waals surface area contributed by atoms with Crippen molar-refractivity contribution in [1.82, 2.24) is 14.9 Å². The van der Waals surface area contributed by atoms with Crippen LogP contribution in [0.4, 0.5) is 17.6 Å². The number of hydrogen-bond acceptors (Lipinski definition) is 4. The number of nitrogens with zero attached hydrogens (tertiary/aromatic N) is 3. The second-order valence-corrected chi connectivity index (χ2v) is 6.72. The van der Waals surface area contributed by atoms with Gasteiger partial charge in [0.05, 0.1) is 22.5 Å². The fourth-order valence-electron chi connectivity index (χ4n) is 3.10. The lowest BCUT2D eigenvalue weighted by atomic mass is 10.0. The molecular weight excluding hydrogens is 442 g/mol. The van der Waals surface area contributed by atoms with Crippen LogP contribution < -0.4 is 0 Å². The molecule has 1 N–H and O–H groups in total. The van der Waals surface area contributed by atoms with Crippen LogP contribution in [-0.4, -0.2) is 26.0 Å². The van der Waals surface area contributed by atoms with Gasteiger partial charge in [-0.05, 0) is 24.3 Å². The molecule has 4 aromatic rings. The Labute approximate surface area is 176 Å². The van der Waals surface area contributed by atoms with Crippen LogP contribution in [0.15, 0.2) is 59.3 Å². The summed E-state index contributed by atoms with van der Waals surface area (Å²) in [4.78, 5) is 11.9. The van der Waals surface area contributed by atoms with Gasteiger partial charge in [0.25, 0.3) is 0 Å². The predicted octanol–water partition coefficient (Wildman–Crippen LogP) is 5.70. The molecule has 31 heavy (non-hydrogen) atoms. The molecule has 2 aromatic carbocycles. The highest BCUT2D eigenvalue weighted by Crippen LogP contribution is 2.42. The third-order valence-electron chi connectivity index (χ3n) is 4.37. The smallest absolute Gasteiger partial charge is 0.434 e. The highest BCUT2D eigenvalue weighted by molar-refractivity contribution is 6.33. The van der Waals surface area contributed by atoms with E-state index in [1.165, 1.54) is 24.3 Å². The summed E-state index contributed by atoms with van der Waals surface area (Å²) < 4.78 is 60.9. The van der Waals surface area contributed by atoms with E-state index in [1.54, 1.807) is 12.1 Å². The van der Waals surface area contributed by atoms with E-state index in [2.05, 4.69) is 10.3 Å². The zero-order valence-corrected chi connectivity index (χ0v) is 15.9. The zero-order chi connectivity index (χ0) is 22.3. The number of carbonyl (C=O) groups is 1.